The third kappa shape index (κ3) is 3.14. The van der Waals surface area contributed by atoms with Gasteiger partial charge in [0.2, 0.25) is 11.8 Å². The Morgan fingerprint density at radius 1 is 1.17 bits per heavy atom. The Hall–Kier alpha value is -0.810. The smallest absolute Gasteiger partial charge is 0.245 e. The quantitative estimate of drug-likeness (QED) is 0.752. The van der Waals surface area contributed by atoms with E-state index in [-0.39, 0.29) is 36.3 Å². The van der Waals surface area contributed by atoms with Crippen LogP contribution in [-0.2, 0) is 9.59 Å². The molecule has 2 N–H and O–H groups in total. The number of halogens is 1. The lowest BCUT2D eigenvalue weighted by molar-refractivity contribution is -0.143. The van der Waals surface area contributed by atoms with E-state index in [2.05, 4.69) is 0 Å². The summed E-state index contributed by atoms with van der Waals surface area (Å²) in [5.41, 5.74) is 5.88. The molecule has 2 rings (SSSR count). The van der Waals surface area contributed by atoms with Crippen molar-refractivity contribution in [3.05, 3.63) is 0 Å². The Morgan fingerprint density at radius 3 is 2.44 bits per heavy atom. The van der Waals surface area contributed by atoms with Crippen LogP contribution in [-0.4, -0.2) is 53.3 Å². The molecule has 2 fully saturated rings. The first-order valence-electron chi connectivity index (χ1n) is 6.41. The standard InChI is InChI=1S/C12H21N3O2.ClH/c1-9(16)15-7-3-5-11(15)12(17)14-6-2-4-10(13)8-14;/h10-11H,2-8,13H2,1H3;1H. The van der Waals surface area contributed by atoms with Crippen molar-refractivity contribution in [3.63, 3.8) is 0 Å². The first-order chi connectivity index (χ1) is 8.09. The van der Waals surface area contributed by atoms with E-state index in [0.717, 1.165) is 32.2 Å². The number of nitrogens with zero attached hydrogens (tertiary/aromatic N) is 2. The molecule has 2 amide bonds. The molecule has 0 aromatic rings. The van der Waals surface area contributed by atoms with Gasteiger partial charge in [0.1, 0.15) is 6.04 Å². The Kier molecular flexibility index (Phi) is 5.41. The number of amides is 2. The number of piperidine rings is 1. The highest BCUT2D eigenvalue weighted by Gasteiger charge is 2.36. The van der Waals surface area contributed by atoms with Crippen molar-refractivity contribution in [2.45, 2.75) is 44.7 Å². The van der Waals surface area contributed by atoms with Gasteiger partial charge in [0.25, 0.3) is 0 Å². The molecule has 0 aliphatic carbocycles. The number of rotatable bonds is 1. The average Bonchev–Trinajstić information content (AvgIpc) is 2.77. The molecule has 2 saturated heterocycles. The molecule has 0 saturated carbocycles. The van der Waals surface area contributed by atoms with Gasteiger partial charge in [0.15, 0.2) is 0 Å². The third-order valence-corrected chi connectivity index (χ3v) is 3.71. The minimum atomic E-state index is -0.238. The average molecular weight is 276 g/mol. The van der Waals surface area contributed by atoms with E-state index in [1.54, 1.807) is 4.90 Å². The monoisotopic (exact) mass is 275 g/mol. The van der Waals surface area contributed by atoms with Gasteiger partial charge >= 0.3 is 0 Å². The van der Waals surface area contributed by atoms with Crippen molar-refractivity contribution in [2.24, 2.45) is 5.73 Å². The second kappa shape index (κ2) is 6.38. The van der Waals surface area contributed by atoms with E-state index in [4.69, 9.17) is 5.73 Å². The Bertz CT molecular complexity index is 324. The maximum absolute atomic E-state index is 12.3. The van der Waals surface area contributed by atoms with Gasteiger partial charge in [0.05, 0.1) is 0 Å². The predicted octanol–water partition coefficient (Wildman–Crippen LogP) is 0.369. The summed E-state index contributed by atoms with van der Waals surface area (Å²) in [7, 11) is 0. The summed E-state index contributed by atoms with van der Waals surface area (Å²) in [4.78, 5) is 27.3. The van der Waals surface area contributed by atoms with Crippen molar-refractivity contribution in [2.75, 3.05) is 19.6 Å². The van der Waals surface area contributed by atoms with E-state index in [9.17, 15) is 9.59 Å². The Labute approximate surface area is 114 Å². The largest absolute Gasteiger partial charge is 0.339 e. The summed E-state index contributed by atoms with van der Waals surface area (Å²) in [5, 5.41) is 0. The third-order valence-electron chi connectivity index (χ3n) is 3.71. The van der Waals surface area contributed by atoms with Gasteiger partial charge in [-0.15, -0.1) is 12.4 Å². The van der Waals surface area contributed by atoms with Crippen LogP contribution in [0.5, 0.6) is 0 Å². The maximum Gasteiger partial charge on any atom is 0.245 e. The lowest BCUT2D eigenvalue weighted by atomic mass is 10.0. The van der Waals surface area contributed by atoms with Gasteiger partial charge in [-0.1, -0.05) is 0 Å². The van der Waals surface area contributed by atoms with Gasteiger partial charge in [-0.05, 0) is 25.7 Å². The number of carbonyl (C=O) groups excluding carboxylic acids is 2. The van der Waals surface area contributed by atoms with Crippen molar-refractivity contribution in [1.82, 2.24) is 9.80 Å². The van der Waals surface area contributed by atoms with Crippen molar-refractivity contribution in [1.29, 1.82) is 0 Å². The van der Waals surface area contributed by atoms with Gasteiger partial charge in [-0.3, -0.25) is 9.59 Å². The molecule has 2 unspecified atom stereocenters. The van der Waals surface area contributed by atoms with Crippen LogP contribution in [0.4, 0.5) is 0 Å². The van der Waals surface area contributed by atoms with Crippen molar-refractivity contribution in [3.8, 4) is 0 Å². The van der Waals surface area contributed by atoms with Gasteiger partial charge in [-0.25, -0.2) is 0 Å². The molecule has 5 nitrogen and oxygen atoms in total. The summed E-state index contributed by atoms with van der Waals surface area (Å²) < 4.78 is 0. The fraction of sp³-hybridized carbons (Fsp3) is 0.833. The van der Waals surface area contributed by atoms with Crippen LogP contribution in [0.2, 0.25) is 0 Å². The van der Waals surface area contributed by atoms with Crippen LogP contribution in [0.25, 0.3) is 0 Å². The van der Waals surface area contributed by atoms with E-state index < -0.39 is 0 Å². The maximum atomic E-state index is 12.3. The minimum absolute atomic E-state index is 0. The number of nitrogens with two attached hydrogens (primary N) is 1. The lowest BCUT2D eigenvalue weighted by Gasteiger charge is -2.34. The molecule has 6 heteroatoms. The van der Waals surface area contributed by atoms with Crippen LogP contribution >= 0.6 is 12.4 Å². The Balaban J connectivity index is 0.00000162. The topological polar surface area (TPSA) is 66.6 Å². The SMILES string of the molecule is CC(=O)N1CCCC1C(=O)N1CCCC(N)C1.Cl. The molecule has 0 spiro atoms. The fourth-order valence-electron chi connectivity index (χ4n) is 2.82. The highest BCUT2D eigenvalue weighted by molar-refractivity contribution is 5.87. The molecule has 2 aliphatic rings. The minimum Gasteiger partial charge on any atom is -0.339 e. The first kappa shape index (κ1) is 15.2. The summed E-state index contributed by atoms with van der Waals surface area (Å²) in [5.74, 6) is 0.0926. The van der Waals surface area contributed by atoms with Crippen LogP contribution < -0.4 is 5.73 Å². The van der Waals surface area contributed by atoms with E-state index in [0.29, 0.717) is 13.1 Å². The van der Waals surface area contributed by atoms with Gasteiger partial charge in [0, 0.05) is 32.6 Å². The number of hydrogen-bond donors (Lipinski definition) is 1. The molecule has 0 bridgehead atoms. The van der Waals surface area contributed by atoms with Crippen molar-refractivity contribution < 1.29 is 9.59 Å². The number of likely N-dealkylation sites (tertiary alicyclic amines) is 2. The highest BCUT2D eigenvalue weighted by atomic mass is 35.5. The van der Waals surface area contributed by atoms with Crippen molar-refractivity contribution >= 4 is 24.2 Å². The van der Waals surface area contributed by atoms with Gasteiger partial charge in [-0.2, -0.15) is 0 Å². The highest BCUT2D eigenvalue weighted by Crippen LogP contribution is 2.21. The number of carbonyl (C=O) groups is 2. The molecule has 2 heterocycles. The molecule has 0 aromatic heterocycles. The fourth-order valence-corrected chi connectivity index (χ4v) is 2.82. The van der Waals surface area contributed by atoms with E-state index in [1.807, 2.05) is 4.90 Å². The molecule has 0 aromatic carbocycles. The lowest BCUT2D eigenvalue weighted by Crippen LogP contribution is -2.52. The molecule has 0 radical (unpaired) electrons. The van der Waals surface area contributed by atoms with Crippen LogP contribution in [0.1, 0.15) is 32.6 Å². The zero-order valence-corrected chi connectivity index (χ0v) is 11.6. The molecule has 18 heavy (non-hydrogen) atoms. The van der Waals surface area contributed by atoms with E-state index in [1.165, 1.54) is 6.92 Å². The summed E-state index contributed by atoms with van der Waals surface area (Å²) in [6.45, 7) is 3.68. The second-order valence-corrected chi connectivity index (χ2v) is 5.06. The molecule has 104 valence electrons. The molecular formula is C12H22ClN3O2. The zero-order valence-electron chi connectivity index (χ0n) is 10.8. The molecule has 2 aliphatic heterocycles. The summed E-state index contributed by atoms with van der Waals surface area (Å²) in [6, 6.07) is -0.141. The predicted molar refractivity (Wildman–Crippen MR) is 71.4 cm³/mol. The van der Waals surface area contributed by atoms with Crippen LogP contribution in [0, 0.1) is 0 Å². The van der Waals surface area contributed by atoms with Crippen LogP contribution in [0.3, 0.4) is 0 Å². The second-order valence-electron chi connectivity index (χ2n) is 5.06. The Morgan fingerprint density at radius 2 is 1.83 bits per heavy atom. The first-order valence-corrected chi connectivity index (χ1v) is 6.41. The normalized spacial score (nSPS) is 27.9. The summed E-state index contributed by atoms with van der Waals surface area (Å²) in [6.07, 6.45) is 3.69. The van der Waals surface area contributed by atoms with Crippen LogP contribution in [0.15, 0.2) is 0 Å². The van der Waals surface area contributed by atoms with E-state index >= 15 is 0 Å². The molecular weight excluding hydrogens is 254 g/mol. The molecule has 2 atom stereocenters. The summed E-state index contributed by atoms with van der Waals surface area (Å²) >= 11 is 0. The zero-order chi connectivity index (χ0) is 12.4. The number of hydrogen-bond acceptors (Lipinski definition) is 3. The van der Waals surface area contributed by atoms with Gasteiger partial charge < -0.3 is 15.5 Å².